The molecule has 98 valence electrons. The van der Waals surface area contributed by atoms with Crippen LogP contribution in [0.4, 0.5) is 0 Å². The number of hydrogen-bond donors (Lipinski definition) is 1. The third kappa shape index (κ3) is 2.21. The van der Waals surface area contributed by atoms with E-state index in [1.165, 1.54) is 0 Å². The minimum atomic E-state index is 0.0401. The molecule has 0 unspecified atom stereocenters. The molecule has 0 aliphatic carbocycles. The van der Waals surface area contributed by atoms with E-state index in [9.17, 15) is 0 Å². The first-order valence-electron chi connectivity index (χ1n) is 6.28. The molecule has 19 heavy (non-hydrogen) atoms. The predicted octanol–water partition coefficient (Wildman–Crippen LogP) is 4.55. The average Bonchev–Trinajstić information content (AvgIpc) is 2.92. The highest BCUT2D eigenvalue weighted by Gasteiger charge is 2.18. The summed E-state index contributed by atoms with van der Waals surface area (Å²) in [6.45, 7) is 6.57. The van der Waals surface area contributed by atoms with Gasteiger partial charge >= 0.3 is 0 Å². The van der Waals surface area contributed by atoms with Crippen molar-refractivity contribution in [3.63, 3.8) is 0 Å². The van der Waals surface area contributed by atoms with Crippen molar-refractivity contribution in [3.8, 4) is 11.5 Å². The van der Waals surface area contributed by atoms with E-state index in [1.807, 2.05) is 18.2 Å². The number of H-pyrrole nitrogens is 1. The van der Waals surface area contributed by atoms with Crippen LogP contribution in [-0.2, 0) is 5.54 Å². The molecule has 3 rings (SSSR count). The summed E-state index contributed by atoms with van der Waals surface area (Å²) in [7, 11) is 0. The summed E-state index contributed by atoms with van der Waals surface area (Å²) in [5, 5.41) is 0. The second-order valence-electron chi connectivity index (χ2n) is 5.68. The van der Waals surface area contributed by atoms with Crippen LogP contribution in [0, 0.1) is 0 Å². The summed E-state index contributed by atoms with van der Waals surface area (Å²) < 4.78 is 3.28. The number of halogens is 1. The van der Waals surface area contributed by atoms with Crippen LogP contribution in [0.2, 0.25) is 0 Å². The largest absolute Gasteiger partial charge is 0.340 e. The van der Waals surface area contributed by atoms with Crippen molar-refractivity contribution in [2.75, 3.05) is 0 Å². The van der Waals surface area contributed by atoms with Crippen molar-refractivity contribution in [2.24, 2.45) is 0 Å². The van der Waals surface area contributed by atoms with Crippen molar-refractivity contribution >= 4 is 27.0 Å². The quantitative estimate of drug-likeness (QED) is 0.702. The van der Waals surface area contributed by atoms with Crippen LogP contribution in [0.1, 0.15) is 20.8 Å². The fourth-order valence-corrected chi connectivity index (χ4v) is 2.61. The number of imidazole rings is 1. The normalized spacial score (nSPS) is 12.2. The minimum absolute atomic E-state index is 0.0401. The van der Waals surface area contributed by atoms with Gasteiger partial charge in [-0.1, -0.05) is 15.9 Å². The van der Waals surface area contributed by atoms with E-state index < -0.39 is 0 Å². The lowest BCUT2D eigenvalue weighted by Gasteiger charge is -2.23. The number of fused-ring (bicyclic) bond motifs is 1. The van der Waals surface area contributed by atoms with Gasteiger partial charge in [0, 0.05) is 16.2 Å². The zero-order chi connectivity index (χ0) is 13.6. The molecule has 0 aliphatic heterocycles. The fourth-order valence-electron chi connectivity index (χ4n) is 2.26. The number of aromatic amines is 1. The van der Waals surface area contributed by atoms with Crippen LogP contribution in [0.5, 0.6) is 0 Å². The second-order valence-corrected chi connectivity index (χ2v) is 6.60. The van der Waals surface area contributed by atoms with Gasteiger partial charge in [0.05, 0.1) is 16.7 Å². The van der Waals surface area contributed by atoms with Crippen LogP contribution in [0.3, 0.4) is 0 Å². The molecule has 3 nitrogen and oxygen atoms in total. The van der Waals surface area contributed by atoms with Crippen LogP contribution in [0.25, 0.3) is 22.6 Å². The number of rotatable bonds is 1. The fraction of sp³-hybridized carbons (Fsp3) is 0.267. The summed E-state index contributed by atoms with van der Waals surface area (Å²) in [4.78, 5) is 8.07. The van der Waals surface area contributed by atoms with Gasteiger partial charge in [0.1, 0.15) is 0 Å². The van der Waals surface area contributed by atoms with Gasteiger partial charge < -0.3 is 9.55 Å². The minimum Gasteiger partial charge on any atom is -0.340 e. The molecule has 0 spiro atoms. The Morgan fingerprint density at radius 2 is 2.00 bits per heavy atom. The van der Waals surface area contributed by atoms with E-state index in [1.54, 1.807) is 0 Å². The predicted molar refractivity (Wildman–Crippen MR) is 82.2 cm³/mol. The number of benzene rings is 1. The number of nitrogens with one attached hydrogen (secondary N) is 1. The molecule has 0 radical (unpaired) electrons. The Balaban J connectivity index is 2.17. The Morgan fingerprint density at radius 1 is 1.21 bits per heavy atom. The smallest absolute Gasteiger partial charge is 0.155 e. The highest BCUT2D eigenvalue weighted by Crippen LogP contribution is 2.27. The van der Waals surface area contributed by atoms with Crippen molar-refractivity contribution in [2.45, 2.75) is 26.3 Å². The molecule has 0 saturated carbocycles. The number of nitrogens with zero attached hydrogens (tertiary/aromatic N) is 2. The van der Waals surface area contributed by atoms with Gasteiger partial charge in [0.2, 0.25) is 0 Å². The van der Waals surface area contributed by atoms with Gasteiger partial charge in [-0.15, -0.1) is 0 Å². The maximum atomic E-state index is 4.68. The van der Waals surface area contributed by atoms with Gasteiger partial charge in [0.15, 0.2) is 5.82 Å². The first-order chi connectivity index (χ1) is 8.95. The van der Waals surface area contributed by atoms with Crippen LogP contribution in [-0.4, -0.2) is 14.5 Å². The number of hydrogen-bond acceptors (Lipinski definition) is 1. The van der Waals surface area contributed by atoms with Gasteiger partial charge in [-0.25, -0.2) is 4.98 Å². The lowest BCUT2D eigenvalue weighted by atomic mass is 10.1. The Bertz CT molecular complexity index is 731. The molecule has 4 heteroatoms. The topological polar surface area (TPSA) is 33.6 Å². The Labute approximate surface area is 120 Å². The molecule has 0 fully saturated rings. The lowest BCUT2D eigenvalue weighted by Crippen LogP contribution is -2.21. The molecule has 0 amide bonds. The third-order valence-electron chi connectivity index (χ3n) is 3.16. The second kappa shape index (κ2) is 4.23. The molecule has 3 aromatic rings. The van der Waals surface area contributed by atoms with Crippen molar-refractivity contribution < 1.29 is 0 Å². The van der Waals surface area contributed by atoms with Gasteiger partial charge in [0.25, 0.3) is 0 Å². The molecule has 1 aromatic carbocycles. The lowest BCUT2D eigenvalue weighted by molar-refractivity contribution is 0.402. The molecule has 0 saturated heterocycles. The van der Waals surface area contributed by atoms with E-state index in [-0.39, 0.29) is 5.54 Å². The van der Waals surface area contributed by atoms with Crippen LogP contribution < -0.4 is 0 Å². The highest BCUT2D eigenvalue weighted by atomic mass is 79.9. The van der Waals surface area contributed by atoms with Crippen molar-refractivity contribution in [3.05, 3.63) is 41.0 Å². The summed E-state index contributed by atoms with van der Waals surface area (Å²) in [5.41, 5.74) is 3.18. The molecule has 2 heterocycles. The zero-order valence-electron chi connectivity index (χ0n) is 11.2. The monoisotopic (exact) mass is 317 g/mol. The van der Waals surface area contributed by atoms with E-state index in [2.05, 4.69) is 69.6 Å². The molecule has 2 aromatic heterocycles. The molecule has 0 atom stereocenters. The van der Waals surface area contributed by atoms with E-state index in [0.29, 0.717) is 0 Å². The molecule has 0 aliphatic rings. The Morgan fingerprint density at radius 3 is 2.74 bits per heavy atom. The average molecular weight is 318 g/mol. The Hall–Kier alpha value is -1.55. The summed E-state index contributed by atoms with van der Waals surface area (Å²) in [6, 6.07) is 10.2. The van der Waals surface area contributed by atoms with Gasteiger partial charge in [-0.2, -0.15) is 0 Å². The molecule has 0 bridgehead atoms. The summed E-state index contributed by atoms with van der Waals surface area (Å²) in [6.07, 6.45) is 2.10. The SMILES string of the molecule is CC(C)(C)n1cccc1-c1nc2cc(Br)ccc2[nH]1. The van der Waals surface area contributed by atoms with Crippen LogP contribution >= 0.6 is 15.9 Å². The van der Waals surface area contributed by atoms with Gasteiger partial charge in [-0.05, 0) is 51.1 Å². The third-order valence-corrected chi connectivity index (χ3v) is 3.65. The van der Waals surface area contributed by atoms with E-state index in [0.717, 1.165) is 27.0 Å². The molecular formula is C15H16BrN3. The van der Waals surface area contributed by atoms with E-state index >= 15 is 0 Å². The van der Waals surface area contributed by atoms with Gasteiger partial charge in [-0.3, -0.25) is 0 Å². The van der Waals surface area contributed by atoms with E-state index in [4.69, 9.17) is 0 Å². The summed E-state index contributed by atoms with van der Waals surface area (Å²) >= 11 is 3.48. The first kappa shape index (κ1) is 12.5. The first-order valence-corrected chi connectivity index (χ1v) is 7.08. The highest BCUT2D eigenvalue weighted by molar-refractivity contribution is 9.10. The van der Waals surface area contributed by atoms with Crippen molar-refractivity contribution in [1.82, 2.24) is 14.5 Å². The Kier molecular flexibility index (Phi) is 2.78. The zero-order valence-corrected chi connectivity index (χ0v) is 12.8. The standard InChI is InChI=1S/C15H16BrN3/c1-15(2,3)19-8-4-5-13(19)14-17-11-7-6-10(16)9-12(11)18-14/h4-9H,1-3H3,(H,17,18). The number of aromatic nitrogens is 3. The van der Waals surface area contributed by atoms with Crippen LogP contribution in [0.15, 0.2) is 41.0 Å². The maximum Gasteiger partial charge on any atom is 0.155 e. The maximum absolute atomic E-state index is 4.68. The van der Waals surface area contributed by atoms with Crippen molar-refractivity contribution in [1.29, 1.82) is 0 Å². The molecule has 1 N–H and O–H groups in total. The summed E-state index contributed by atoms with van der Waals surface area (Å²) in [5.74, 6) is 0.910. The molecular weight excluding hydrogens is 302 g/mol.